The third-order valence-electron chi connectivity index (χ3n) is 5.55. The van der Waals surface area contributed by atoms with Gasteiger partial charge in [-0.25, -0.2) is 4.79 Å². The van der Waals surface area contributed by atoms with Crippen LogP contribution >= 0.6 is 0 Å². The maximum absolute atomic E-state index is 11.9. The SMILES string of the molecule is CC1=C2CC/C(C)=C/CC[C@@]3(C)O[C@H]3CC[C@](C)(O)/C=C/2OC1=O. The van der Waals surface area contributed by atoms with E-state index in [-0.39, 0.29) is 17.7 Å². The van der Waals surface area contributed by atoms with Crippen LogP contribution < -0.4 is 0 Å². The predicted molar refractivity (Wildman–Crippen MR) is 92.2 cm³/mol. The van der Waals surface area contributed by atoms with E-state index in [1.807, 2.05) is 0 Å². The minimum atomic E-state index is -1.01. The smallest absolute Gasteiger partial charge is 0.339 e. The molecule has 3 atom stereocenters. The van der Waals surface area contributed by atoms with Gasteiger partial charge in [-0.3, -0.25) is 0 Å². The summed E-state index contributed by atoms with van der Waals surface area (Å²) >= 11 is 0. The summed E-state index contributed by atoms with van der Waals surface area (Å²) in [5.41, 5.74) is 1.85. The van der Waals surface area contributed by atoms with Crippen molar-refractivity contribution in [3.05, 3.63) is 34.6 Å². The highest BCUT2D eigenvalue weighted by Gasteiger charge is 2.51. The van der Waals surface area contributed by atoms with E-state index in [0.717, 1.165) is 37.7 Å². The van der Waals surface area contributed by atoms with Crippen LogP contribution in [0.15, 0.2) is 34.6 Å². The first kappa shape index (κ1) is 17.4. The molecule has 0 saturated carbocycles. The molecule has 0 aromatic rings. The van der Waals surface area contributed by atoms with Crippen LogP contribution in [0.2, 0.25) is 0 Å². The number of ether oxygens (including phenoxy) is 2. The van der Waals surface area contributed by atoms with Crippen LogP contribution in [-0.4, -0.2) is 28.4 Å². The molecular weight excluding hydrogens is 304 g/mol. The Balaban J connectivity index is 1.87. The maximum Gasteiger partial charge on any atom is 0.339 e. The van der Waals surface area contributed by atoms with Gasteiger partial charge in [0.15, 0.2) is 0 Å². The number of aliphatic hydroxyl groups is 1. The van der Waals surface area contributed by atoms with E-state index in [4.69, 9.17) is 9.47 Å². The molecule has 0 spiro atoms. The van der Waals surface area contributed by atoms with Crippen LogP contribution in [0.3, 0.4) is 0 Å². The number of hydrogen-bond acceptors (Lipinski definition) is 4. The molecule has 0 radical (unpaired) electrons. The van der Waals surface area contributed by atoms with E-state index in [0.29, 0.717) is 17.8 Å². The quantitative estimate of drug-likeness (QED) is 0.414. The number of fused-ring (bicyclic) bond motifs is 2. The van der Waals surface area contributed by atoms with Gasteiger partial charge in [-0.1, -0.05) is 11.6 Å². The lowest BCUT2D eigenvalue weighted by Crippen LogP contribution is -2.23. The van der Waals surface area contributed by atoms with Crippen LogP contribution in [-0.2, 0) is 14.3 Å². The molecule has 132 valence electrons. The molecular formula is C20H28O4. The van der Waals surface area contributed by atoms with Gasteiger partial charge < -0.3 is 14.6 Å². The third kappa shape index (κ3) is 3.65. The Morgan fingerprint density at radius 3 is 2.71 bits per heavy atom. The Hall–Kier alpha value is -1.39. The van der Waals surface area contributed by atoms with Gasteiger partial charge in [-0.2, -0.15) is 0 Å². The number of epoxide rings is 1. The fourth-order valence-corrected chi connectivity index (χ4v) is 3.66. The average Bonchev–Trinajstić information content (AvgIpc) is 3.06. The van der Waals surface area contributed by atoms with Crippen molar-refractivity contribution >= 4 is 5.97 Å². The lowest BCUT2D eigenvalue weighted by atomic mass is 9.90. The van der Waals surface area contributed by atoms with E-state index in [1.165, 1.54) is 5.57 Å². The van der Waals surface area contributed by atoms with Crippen molar-refractivity contribution in [1.82, 2.24) is 0 Å². The molecule has 4 nitrogen and oxygen atoms in total. The molecule has 1 fully saturated rings. The second-order valence-corrected chi connectivity index (χ2v) is 7.91. The largest absolute Gasteiger partial charge is 0.423 e. The second-order valence-electron chi connectivity index (χ2n) is 7.91. The third-order valence-corrected chi connectivity index (χ3v) is 5.55. The first-order chi connectivity index (χ1) is 11.2. The molecule has 1 saturated heterocycles. The zero-order chi connectivity index (χ0) is 17.5. The van der Waals surface area contributed by atoms with E-state index in [1.54, 1.807) is 19.9 Å². The number of esters is 1. The zero-order valence-electron chi connectivity index (χ0n) is 15.1. The first-order valence-corrected chi connectivity index (χ1v) is 8.91. The van der Waals surface area contributed by atoms with Crippen molar-refractivity contribution in [2.75, 3.05) is 0 Å². The molecule has 2 heterocycles. The molecule has 4 heteroatoms. The molecule has 0 aromatic carbocycles. The van der Waals surface area contributed by atoms with Gasteiger partial charge in [0, 0.05) is 11.1 Å². The summed E-state index contributed by atoms with van der Waals surface area (Å²) in [6.45, 7) is 7.87. The fraction of sp³-hybridized carbons (Fsp3) is 0.650. The van der Waals surface area contributed by atoms with Crippen molar-refractivity contribution in [2.45, 2.75) is 83.5 Å². The number of allylic oxidation sites excluding steroid dienone is 3. The summed E-state index contributed by atoms with van der Waals surface area (Å²) in [6.07, 6.45) is 9.28. The van der Waals surface area contributed by atoms with Gasteiger partial charge >= 0.3 is 5.97 Å². The molecule has 1 N–H and O–H groups in total. The molecule has 1 aliphatic carbocycles. The summed E-state index contributed by atoms with van der Waals surface area (Å²) < 4.78 is 11.3. The lowest BCUT2D eigenvalue weighted by Gasteiger charge is -2.20. The fourth-order valence-electron chi connectivity index (χ4n) is 3.66. The standard InChI is InChI=1S/C20H28O4/c1-13-6-5-10-20(4)17(24-20)9-11-19(3,22)12-16-15(8-7-13)14(2)18(21)23-16/h6,12,17,22H,5,7-11H2,1-4H3/b13-6+,16-12-/t17-,19-,20+/m0/s1. The minimum Gasteiger partial charge on any atom is -0.423 e. The number of carbonyl (C=O) groups excluding carboxylic acids is 1. The van der Waals surface area contributed by atoms with Crippen molar-refractivity contribution < 1.29 is 19.4 Å². The van der Waals surface area contributed by atoms with Crippen molar-refractivity contribution in [1.29, 1.82) is 0 Å². The molecule has 3 rings (SSSR count). The van der Waals surface area contributed by atoms with Crippen LogP contribution in [0, 0.1) is 0 Å². The second kappa shape index (κ2) is 6.16. The summed E-state index contributed by atoms with van der Waals surface area (Å²) in [5.74, 6) is 0.239. The van der Waals surface area contributed by atoms with Gasteiger partial charge in [0.2, 0.25) is 0 Å². The highest BCUT2D eigenvalue weighted by molar-refractivity contribution is 5.93. The highest BCUT2D eigenvalue weighted by Crippen LogP contribution is 2.44. The molecule has 3 aliphatic rings. The Bertz CT molecular complexity index is 638. The van der Waals surface area contributed by atoms with Gasteiger partial charge in [0.05, 0.1) is 17.3 Å². The van der Waals surface area contributed by atoms with Crippen molar-refractivity contribution in [2.24, 2.45) is 0 Å². The van der Waals surface area contributed by atoms with Gasteiger partial charge in [0.1, 0.15) is 5.76 Å². The molecule has 0 amide bonds. The summed E-state index contributed by atoms with van der Waals surface area (Å²) in [5, 5.41) is 10.7. The van der Waals surface area contributed by atoms with Gasteiger partial charge in [0.25, 0.3) is 0 Å². The Morgan fingerprint density at radius 1 is 1.21 bits per heavy atom. The van der Waals surface area contributed by atoms with E-state index < -0.39 is 5.60 Å². The zero-order valence-corrected chi connectivity index (χ0v) is 15.1. The monoisotopic (exact) mass is 332 g/mol. The molecule has 2 aliphatic heterocycles. The van der Waals surface area contributed by atoms with Crippen LogP contribution in [0.4, 0.5) is 0 Å². The van der Waals surface area contributed by atoms with E-state index >= 15 is 0 Å². The number of rotatable bonds is 0. The Morgan fingerprint density at radius 2 is 1.96 bits per heavy atom. The van der Waals surface area contributed by atoms with Crippen molar-refractivity contribution in [3.63, 3.8) is 0 Å². The van der Waals surface area contributed by atoms with Crippen LogP contribution in [0.25, 0.3) is 0 Å². The lowest BCUT2D eigenvalue weighted by molar-refractivity contribution is -0.133. The molecule has 0 aromatic heterocycles. The molecule has 0 unspecified atom stereocenters. The minimum absolute atomic E-state index is 0.0500. The van der Waals surface area contributed by atoms with E-state index in [2.05, 4.69) is 19.9 Å². The molecule has 24 heavy (non-hydrogen) atoms. The van der Waals surface area contributed by atoms with Crippen molar-refractivity contribution in [3.8, 4) is 0 Å². The number of hydrogen-bond donors (Lipinski definition) is 1. The summed E-state index contributed by atoms with van der Waals surface area (Å²) in [6, 6.07) is 0. The Kier molecular flexibility index (Phi) is 4.47. The average molecular weight is 332 g/mol. The topological polar surface area (TPSA) is 59.1 Å². The molecule has 0 bridgehead atoms. The van der Waals surface area contributed by atoms with E-state index in [9.17, 15) is 9.90 Å². The Labute approximate surface area is 144 Å². The van der Waals surface area contributed by atoms with Crippen LogP contribution in [0.1, 0.15) is 66.2 Å². The summed E-state index contributed by atoms with van der Waals surface area (Å²) in [4.78, 5) is 11.9. The first-order valence-electron chi connectivity index (χ1n) is 8.91. The predicted octanol–water partition coefficient (Wildman–Crippen LogP) is 3.95. The van der Waals surface area contributed by atoms with Gasteiger partial charge in [-0.15, -0.1) is 0 Å². The van der Waals surface area contributed by atoms with Crippen LogP contribution in [0.5, 0.6) is 0 Å². The summed E-state index contributed by atoms with van der Waals surface area (Å²) in [7, 11) is 0. The normalized spacial score (nSPS) is 42.0. The number of carbonyl (C=O) groups is 1. The van der Waals surface area contributed by atoms with Gasteiger partial charge in [-0.05, 0) is 72.3 Å². The maximum atomic E-state index is 11.9. The highest BCUT2D eigenvalue weighted by atomic mass is 16.6.